The molecule has 0 unspecified atom stereocenters. The Morgan fingerprint density at radius 3 is 2.32 bits per heavy atom. The minimum atomic E-state index is 0.749. The standard InChI is InChI=1S/C38H34N4O2/c1-6-27-19-29(42-26(4)38(25(3)40-42)28-10-8-7-9-11-28)21-32(20-27)44-31-12-14-33-34-22-30(43-5)13-15-35(34)41(36(33)23-31)37-18-24(2)16-17-39-37/h7-23H,6H2,1-5H3. The monoisotopic (exact) mass is 578 g/mol. The zero-order chi connectivity index (χ0) is 30.4. The van der Waals surface area contributed by atoms with E-state index in [0.29, 0.717) is 0 Å². The highest BCUT2D eigenvalue weighted by Gasteiger charge is 2.18. The van der Waals surface area contributed by atoms with Crippen molar-refractivity contribution in [3.8, 4) is 39.9 Å². The molecule has 0 bridgehead atoms. The lowest BCUT2D eigenvalue weighted by Crippen LogP contribution is -2.01. The Labute approximate surface area is 257 Å². The van der Waals surface area contributed by atoms with Gasteiger partial charge < -0.3 is 9.47 Å². The number of fused-ring (bicyclic) bond motifs is 3. The van der Waals surface area contributed by atoms with E-state index in [1.807, 2.05) is 35.1 Å². The Kier molecular flexibility index (Phi) is 6.90. The molecule has 0 N–H and O–H groups in total. The van der Waals surface area contributed by atoms with Gasteiger partial charge in [-0.2, -0.15) is 5.10 Å². The smallest absolute Gasteiger partial charge is 0.137 e. The van der Waals surface area contributed by atoms with Crippen LogP contribution in [0.1, 0.15) is 29.4 Å². The molecule has 7 rings (SSSR count). The minimum Gasteiger partial charge on any atom is -0.497 e. The number of aryl methyl sites for hydroxylation is 3. The maximum Gasteiger partial charge on any atom is 0.137 e. The lowest BCUT2D eigenvalue weighted by atomic mass is 10.0. The molecule has 3 aromatic heterocycles. The van der Waals surface area contributed by atoms with Gasteiger partial charge in [-0.25, -0.2) is 9.67 Å². The first-order chi connectivity index (χ1) is 21.4. The fraction of sp³-hybridized carbons (Fsp3) is 0.158. The zero-order valence-electron chi connectivity index (χ0n) is 25.6. The van der Waals surface area contributed by atoms with E-state index < -0.39 is 0 Å². The molecule has 0 aliphatic heterocycles. The fourth-order valence-electron chi connectivity index (χ4n) is 6.14. The number of ether oxygens (including phenoxy) is 2. The number of nitrogens with zero attached hydrogens (tertiary/aromatic N) is 4. The van der Waals surface area contributed by atoms with E-state index in [0.717, 1.165) is 79.5 Å². The van der Waals surface area contributed by atoms with E-state index in [4.69, 9.17) is 19.6 Å². The van der Waals surface area contributed by atoms with Gasteiger partial charge in [0.15, 0.2) is 0 Å². The first-order valence-electron chi connectivity index (χ1n) is 14.9. The lowest BCUT2D eigenvalue weighted by molar-refractivity contribution is 0.415. The quantitative estimate of drug-likeness (QED) is 0.189. The maximum atomic E-state index is 6.61. The van der Waals surface area contributed by atoms with E-state index in [-0.39, 0.29) is 0 Å². The van der Waals surface area contributed by atoms with Crippen LogP contribution in [0.5, 0.6) is 17.2 Å². The van der Waals surface area contributed by atoms with E-state index in [2.05, 4.69) is 105 Å². The van der Waals surface area contributed by atoms with Crippen LogP contribution < -0.4 is 9.47 Å². The summed E-state index contributed by atoms with van der Waals surface area (Å²) < 4.78 is 16.4. The van der Waals surface area contributed by atoms with Gasteiger partial charge in [0.1, 0.15) is 23.1 Å². The van der Waals surface area contributed by atoms with Gasteiger partial charge in [-0.1, -0.05) is 37.3 Å². The summed E-state index contributed by atoms with van der Waals surface area (Å²) in [4.78, 5) is 4.73. The van der Waals surface area contributed by atoms with Crippen LogP contribution in [0.15, 0.2) is 103 Å². The van der Waals surface area contributed by atoms with Crippen molar-refractivity contribution in [2.45, 2.75) is 34.1 Å². The van der Waals surface area contributed by atoms with Gasteiger partial charge in [-0.15, -0.1) is 0 Å². The second kappa shape index (κ2) is 11.0. The van der Waals surface area contributed by atoms with E-state index in [1.165, 1.54) is 11.1 Å². The van der Waals surface area contributed by atoms with Crippen molar-refractivity contribution in [3.63, 3.8) is 0 Å². The molecule has 3 heterocycles. The average molecular weight is 579 g/mol. The van der Waals surface area contributed by atoms with Crippen LogP contribution in [-0.4, -0.2) is 26.4 Å². The van der Waals surface area contributed by atoms with Crippen LogP contribution >= 0.6 is 0 Å². The van der Waals surface area contributed by atoms with Crippen LogP contribution in [0, 0.1) is 20.8 Å². The normalized spacial score (nSPS) is 11.4. The molecule has 0 atom stereocenters. The number of benzene rings is 4. The molecule has 6 heteroatoms. The molecular formula is C38H34N4O2. The van der Waals surface area contributed by atoms with Crippen molar-refractivity contribution in [1.29, 1.82) is 0 Å². The molecule has 7 aromatic rings. The van der Waals surface area contributed by atoms with Crippen molar-refractivity contribution < 1.29 is 9.47 Å². The van der Waals surface area contributed by atoms with Crippen molar-refractivity contribution in [1.82, 2.24) is 19.3 Å². The summed E-state index contributed by atoms with van der Waals surface area (Å²) in [6, 6.07) is 33.3. The van der Waals surface area contributed by atoms with Crippen LogP contribution in [-0.2, 0) is 6.42 Å². The van der Waals surface area contributed by atoms with E-state index in [1.54, 1.807) is 7.11 Å². The number of rotatable bonds is 7. The molecule has 0 saturated carbocycles. The molecule has 6 nitrogen and oxygen atoms in total. The van der Waals surface area contributed by atoms with Crippen molar-refractivity contribution in [2.75, 3.05) is 7.11 Å². The molecule has 0 fully saturated rings. The van der Waals surface area contributed by atoms with Gasteiger partial charge in [0.2, 0.25) is 0 Å². The lowest BCUT2D eigenvalue weighted by Gasteiger charge is -2.13. The molecule has 218 valence electrons. The number of hydrogen-bond donors (Lipinski definition) is 0. The molecule has 0 spiro atoms. The van der Waals surface area contributed by atoms with Crippen LogP contribution in [0.2, 0.25) is 0 Å². The Bertz CT molecular complexity index is 2160. The Morgan fingerprint density at radius 1 is 0.727 bits per heavy atom. The van der Waals surface area contributed by atoms with Crippen LogP contribution in [0.4, 0.5) is 0 Å². The molecule has 0 aliphatic carbocycles. The third-order valence-electron chi connectivity index (χ3n) is 8.27. The number of aromatic nitrogens is 4. The summed E-state index contributed by atoms with van der Waals surface area (Å²) in [7, 11) is 1.70. The van der Waals surface area contributed by atoms with Gasteiger partial charge in [-0.3, -0.25) is 4.57 Å². The predicted molar refractivity (Wildman–Crippen MR) is 178 cm³/mol. The van der Waals surface area contributed by atoms with Crippen LogP contribution in [0.25, 0.3) is 44.4 Å². The molecule has 0 saturated heterocycles. The molecule has 4 aromatic carbocycles. The van der Waals surface area contributed by atoms with Crippen molar-refractivity contribution >= 4 is 21.8 Å². The summed E-state index contributed by atoms with van der Waals surface area (Å²) >= 11 is 0. The molecule has 0 amide bonds. The SMILES string of the molecule is CCc1cc(Oc2ccc3c4cc(OC)ccc4n(-c4cc(C)ccn4)c3c2)cc(-n2nc(C)c(-c3ccccc3)c2C)c1. The highest BCUT2D eigenvalue weighted by atomic mass is 16.5. The summed E-state index contributed by atoms with van der Waals surface area (Å²) in [5, 5.41) is 7.16. The first-order valence-corrected chi connectivity index (χ1v) is 14.9. The second-order valence-corrected chi connectivity index (χ2v) is 11.2. The predicted octanol–water partition coefficient (Wildman–Crippen LogP) is 9.32. The summed E-state index contributed by atoms with van der Waals surface area (Å²) in [6.45, 7) is 8.44. The van der Waals surface area contributed by atoms with Crippen LogP contribution in [0.3, 0.4) is 0 Å². The van der Waals surface area contributed by atoms with E-state index in [9.17, 15) is 0 Å². The highest BCUT2D eigenvalue weighted by molar-refractivity contribution is 6.10. The van der Waals surface area contributed by atoms with Gasteiger partial charge in [0.05, 0.1) is 29.5 Å². The average Bonchev–Trinajstić information content (AvgIpc) is 3.53. The summed E-state index contributed by atoms with van der Waals surface area (Å²) in [6.07, 6.45) is 2.73. The van der Waals surface area contributed by atoms with Crippen molar-refractivity contribution in [3.05, 3.63) is 126 Å². The zero-order valence-corrected chi connectivity index (χ0v) is 25.6. The Hall–Kier alpha value is -5.36. The number of hydrogen-bond acceptors (Lipinski definition) is 4. The fourth-order valence-corrected chi connectivity index (χ4v) is 6.14. The maximum absolute atomic E-state index is 6.61. The molecular weight excluding hydrogens is 544 g/mol. The third kappa shape index (κ3) is 4.78. The second-order valence-electron chi connectivity index (χ2n) is 11.2. The largest absolute Gasteiger partial charge is 0.497 e. The van der Waals surface area contributed by atoms with Gasteiger partial charge in [-0.05, 0) is 98.5 Å². The van der Waals surface area contributed by atoms with Gasteiger partial charge in [0.25, 0.3) is 0 Å². The van der Waals surface area contributed by atoms with E-state index >= 15 is 0 Å². The Balaban J connectivity index is 1.33. The number of methoxy groups -OCH3 is 1. The van der Waals surface area contributed by atoms with Gasteiger partial charge in [0, 0.05) is 40.4 Å². The summed E-state index contributed by atoms with van der Waals surface area (Å²) in [5.41, 5.74) is 9.81. The molecule has 44 heavy (non-hydrogen) atoms. The minimum absolute atomic E-state index is 0.749. The Morgan fingerprint density at radius 2 is 1.55 bits per heavy atom. The number of pyridine rings is 1. The highest BCUT2D eigenvalue weighted by Crippen LogP contribution is 2.37. The van der Waals surface area contributed by atoms with Gasteiger partial charge >= 0.3 is 0 Å². The third-order valence-corrected chi connectivity index (χ3v) is 8.27. The van der Waals surface area contributed by atoms with Crippen molar-refractivity contribution in [2.24, 2.45) is 0 Å². The first kappa shape index (κ1) is 27.5. The summed E-state index contributed by atoms with van der Waals surface area (Å²) in [5.74, 6) is 3.20. The molecule has 0 aliphatic rings. The topological polar surface area (TPSA) is 54.1 Å². The molecule has 0 radical (unpaired) electrons.